The Morgan fingerprint density at radius 1 is 1.37 bits per heavy atom. The highest BCUT2D eigenvalue weighted by molar-refractivity contribution is 5.55. The lowest BCUT2D eigenvalue weighted by molar-refractivity contribution is -0.384. The van der Waals surface area contributed by atoms with Crippen LogP contribution in [0.15, 0.2) is 18.2 Å². The molecule has 0 fully saturated rings. The number of non-ortho nitro benzene ring substituents is 1. The molecule has 106 valence electrons. The lowest BCUT2D eigenvalue weighted by Crippen LogP contribution is -2.05. The molecule has 0 spiro atoms. The van der Waals surface area contributed by atoms with Gasteiger partial charge >= 0.3 is 0 Å². The van der Waals surface area contributed by atoms with E-state index in [-0.39, 0.29) is 5.69 Å². The normalized spacial score (nSPS) is 10.4. The number of methoxy groups -OCH3 is 1. The Morgan fingerprint density at radius 3 is 2.79 bits per heavy atom. The van der Waals surface area contributed by atoms with Gasteiger partial charge in [0, 0.05) is 50.3 Å². The molecule has 0 aromatic heterocycles. The smallest absolute Gasteiger partial charge is 0.269 e. The van der Waals surface area contributed by atoms with Crippen LogP contribution in [0.5, 0.6) is 0 Å². The molecule has 6 nitrogen and oxygen atoms in total. The average Bonchev–Trinajstić information content (AvgIpc) is 2.40. The Hall–Kier alpha value is -1.66. The van der Waals surface area contributed by atoms with Crippen molar-refractivity contribution in [2.45, 2.75) is 20.0 Å². The molecular weight excluding hydrogens is 248 g/mol. The molecule has 6 heteroatoms. The maximum atomic E-state index is 10.8. The van der Waals surface area contributed by atoms with E-state index in [9.17, 15) is 10.1 Å². The first-order valence-corrected chi connectivity index (χ1v) is 6.27. The van der Waals surface area contributed by atoms with E-state index in [2.05, 4.69) is 5.32 Å². The van der Waals surface area contributed by atoms with E-state index in [0.29, 0.717) is 19.8 Å². The molecular formula is C13H20N2O4. The molecule has 0 saturated heterocycles. The number of benzene rings is 1. The number of rotatable bonds is 9. The van der Waals surface area contributed by atoms with Crippen molar-refractivity contribution in [2.24, 2.45) is 0 Å². The largest absolute Gasteiger partial charge is 0.385 e. The van der Waals surface area contributed by atoms with Gasteiger partial charge in [0.15, 0.2) is 0 Å². The van der Waals surface area contributed by atoms with Crippen LogP contribution < -0.4 is 5.32 Å². The van der Waals surface area contributed by atoms with Crippen molar-refractivity contribution in [3.63, 3.8) is 0 Å². The fourth-order valence-corrected chi connectivity index (χ4v) is 1.66. The molecule has 19 heavy (non-hydrogen) atoms. The van der Waals surface area contributed by atoms with E-state index >= 15 is 0 Å². The lowest BCUT2D eigenvalue weighted by Gasteiger charge is -2.11. The first-order valence-electron chi connectivity index (χ1n) is 6.27. The van der Waals surface area contributed by atoms with Gasteiger partial charge in [-0.15, -0.1) is 0 Å². The molecule has 1 rings (SSSR count). The van der Waals surface area contributed by atoms with Crippen LogP contribution in [0.2, 0.25) is 0 Å². The van der Waals surface area contributed by atoms with E-state index in [4.69, 9.17) is 9.47 Å². The second-order valence-electron chi connectivity index (χ2n) is 4.03. The number of nitro benzene ring substituents is 1. The van der Waals surface area contributed by atoms with E-state index in [1.54, 1.807) is 19.2 Å². The Morgan fingerprint density at radius 2 is 2.16 bits per heavy atom. The summed E-state index contributed by atoms with van der Waals surface area (Å²) in [6.45, 7) is 4.31. The van der Waals surface area contributed by atoms with E-state index in [1.807, 2.05) is 6.92 Å². The summed E-state index contributed by atoms with van der Waals surface area (Å²) in [7, 11) is 1.64. The molecule has 0 aliphatic rings. The van der Waals surface area contributed by atoms with Gasteiger partial charge in [-0.1, -0.05) is 0 Å². The Kier molecular flexibility index (Phi) is 6.84. The summed E-state index contributed by atoms with van der Waals surface area (Å²) >= 11 is 0. The summed E-state index contributed by atoms with van der Waals surface area (Å²) in [5.41, 5.74) is 1.76. The van der Waals surface area contributed by atoms with Crippen LogP contribution in [0.3, 0.4) is 0 Å². The van der Waals surface area contributed by atoms with E-state index in [0.717, 1.165) is 24.2 Å². The van der Waals surface area contributed by atoms with Gasteiger partial charge in [-0.3, -0.25) is 10.1 Å². The number of anilines is 1. The predicted molar refractivity (Wildman–Crippen MR) is 73.4 cm³/mol. The fourth-order valence-electron chi connectivity index (χ4n) is 1.66. The molecule has 0 heterocycles. The molecule has 1 aromatic rings. The molecule has 0 saturated carbocycles. The number of nitrogens with zero attached hydrogens (tertiary/aromatic N) is 1. The first-order chi connectivity index (χ1) is 9.19. The predicted octanol–water partition coefficient (Wildman–Crippen LogP) is 2.58. The van der Waals surface area contributed by atoms with E-state index < -0.39 is 4.92 Å². The third-order valence-electron chi connectivity index (χ3n) is 2.56. The molecule has 0 bridgehead atoms. The second kappa shape index (κ2) is 8.44. The standard InChI is InChI=1S/C13H20N2O4/c1-3-14-13-6-5-12(15(16)17)9-11(13)10-19-8-4-7-18-2/h5-6,9,14H,3-4,7-8,10H2,1-2H3. The van der Waals surface area contributed by atoms with Gasteiger partial charge in [-0.05, 0) is 19.4 Å². The minimum Gasteiger partial charge on any atom is -0.385 e. The monoisotopic (exact) mass is 268 g/mol. The van der Waals surface area contributed by atoms with Crippen LogP contribution >= 0.6 is 0 Å². The third kappa shape index (κ3) is 5.23. The molecule has 1 N–H and O–H groups in total. The summed E-state index contributed by atoms with van der Waals surface area (Å²) in [5.74, 6) is 0. The second-order valence-corrected chi connectivity index (χ2v) is 4.03. The number of hydrogen-bond acceptors (Lipinski definition) is 5. The third-order valence-corrected chi connectivity index (χ3v) is 2.56. The number of nitrogens with one attached hydrogen (secondary N) is 1. The Labute approximate surface area is 112 Å². The summed E-state index contributed by atoms with van der Waals surface area (Å²) in [6.07, 6.45) is 0.808. The highest BCUT2D eigenvalue weighted by Gasteiger charge is 2.10. The van der Waals surface area contributed by atoms with Crippen LogP contribution in [-0.2, 0) is 16.1 Å². The van der Waals surface area contributed by atoms with Gasteiger partial charge in [-0.2, -0.15) is 0 Å². The van der Waals surface area contributed by atoms with Crippen LogP contribution in [0.1, 0.15) is 18.9 Å². The quantitative estimate of drug-likeness (QED) is 0.423. The zero-order chi connectivity index (χ0) is 14.1. The Balaban J connectivity index is 2.65. The highest BCUT2D eigenvalue weighted by atomic mass is 16.6. The molecule has 0 amide bonds. The van der Waals surface area contributed by atoms with Gasteiger partial charge in [-0.25, -0.2) is 0 Å². The Bertz CT molecular complexity index is 410. The summed E-state index contributed by atoms with van der Waals surface area (Å²) < 4.78 is 10.4. The summed E-state index contributed by atoms with van der Waals surface area (Å²) in [4.78, 5) is 10.4. The van der Waals surface area contributed by atoms with Gasteiger partial charge < -0.3 is 14.8 Å². The minimum absolute atomic E-state index is 0.0807. The minimum atomic E-state index is -0.399. The fraction of sp³-hybridized carbons (Fsp3) is 0.538. The lowest BCUT2D eigenvalue weighted by atomic mass is 10.1. The average molecular weight is 268 g/mol. The van der Waals surface area contributed by atoms with E-state index in [1.165, 1.54) is 6.07 Å². The van der Waals surface area contributed by atoms with Crippen molar-refractivity contribution >= 4 is 11.4 Å². The van der Waals surface area contributed by atoms with Gasteiger partial charge in [0.25, 0.3) is 5.69 Å². The van der Waals surface area contributed by atoms with Crippen LogP contribution in [-0.4, -0.2) is 31.8 Å². The van der Waals surface area contributed by atoms with Crippen molar-refractivity contribution in [2.75, 3.05) is 32.2 Å². The molecule has 0 aliphatic heterocycles. The topological polar surface area (TPSA) is 73.6 Å². The number of nitro groups is 1. The maximum absolute atomic E-state index is 10.8. The number of hydrogen-bond donors (Lipinski definition) is 1. The van der Waals surface area contributed by atoms with Crippen molar-refractivity contribution in [3.05, 3.63) is 33.9 Å². The molecule has 0 aliphatic carbocycles. The zero-order valence-electron chi connectivity index (χ0n) is 11.3. The highest BCUT2D eigenvalue weighted by Crippen LogP contribution is 2.22. The zero-order valence-corrected chi connectivity index (χ0v) is 11.3. The van der Waals surface area contributed by atoms with Crippen molar-refractivity contribution in [1.29, 1.82) is 0 Å². The molecule has 0 unspecified atom stereocenters. The van der Waals surface area contributed by atoms with Crippen molar-refractivity contribution < 1.29 is 14.4 Å². The summed E-state index contributed by atoms with van der Waals surface area (Å²) in [5, 5.41) is 13.9. The first kappa shape index (κ1) is 15.4. The number of ether oxygens (including phenoxy) is 2. The molecule has 0 atom stereocenters. The van der Waals surface area contributed by atoms with Gasteiger partial charge in [0.1, 0.15) is 0 Å². The van der Waals surface area contributed by atoms with Crippen LogP contribution in [0.4, 0.5) is 11.4 Å². The van der Waals surface area contributed by atoms with Crippen LogP contribution in [0, 0.1) is 10.1 Å². The SMILES string of the molecule is CCNc1ccc([N+](=O)[O-])cc1COCCCOC. The molecule has 1 aromatic carbocycles. The maximum Gasteiger partial charge on any atom is 0.269 e. The van der Waals surface area contributed by atoms with Crippen molar-refractivity contribution in [1.82, 2.24) is 0 Å². The molecule has 0 radical (unpaired) electrons. The van der Waals surface area contributed by atoms with Crippen LogP contribution in [0.25, 0.3) is 0 Å². The summed E-state index contributed by atoms with van der Waals surface area (Å²) in [6, 6.07) is 4.76. The van der Waals surface area contributed by atoms with Gasteiger partial charge in [0.05, 0.1) is 11.5 Å². The van der Waals surface area contributed by atoms with Gasteiger partial charge in [0.2, 0.25) is 0 Å². The van der Waals surface area contributed by atoms with Crippen molar-refractivity contribution in [3.8, 4) is 0 Å².